The monoisotopic (exact) mass is 280 g/mol. The van der Waals surface area contributed by atoms with Crippen molar-refractivity contribution >= 4 is 23.3 Å². The SMILES string of the molecule is COCC(C)CC(=O)N(C)c1ccc(C(=O)O)cc1N. The summed E-state index contributed by atoms with van der Waals surface area (Å²) < 4.78 is 5.00. The van der Waals surface area contributed by atoms with Crippen LogP contribution >= 0.6 is 0 Å². The zero-order chi connectivity index (χ0) is 15.3. The van der Waals surface area contributed by atoms with Gasteiger partial charge in [-0.05, 0) is 24.1 Å². The molecule has 1 rings (SSSR count). The Morgan fingerprint density at radius 1 is 1.45 bits per heavy atom. The molecule has 1 aromatic rings. The van der Waals surface area contributed by atoms with Gasteiger partial charge in [-0.15, -0.1) is 0 Å². The van der Waals surface area contributed by atoms with Crippen molar-refractivity contribution < 1.29 is 19.4 Å². The Hall–Kier alpha value is -2.08. The lowest BCUT2D eigenvalue weighted by atomic mass is 10.1. The van der Waals surface area contributed by atoms with Crippen LogP contribution in [-0.2, 0) is 9.53 Å². The molecule has 0 fully saturated rings. The predicted molar refractivity (Wildman–Crippen MR) is 76.9 cm³/mol. The third-order valence-electron chi connectivity index (χ3n) is 2.98. The lowest BCUT2D eigenvalue weighted by Crippen LogP contribution is -2.29. The van der Waals surface area contributed by atoms with E-state index >= 15 is 0 Å². The minimum Gasteiger partial charge on any atom is -0.478 e. The van der Waals surface area contributed by atoms with Crippen molar-refractivity contribution in [1.29, 1.82) is 0 Å². The normalized spacial score (nSPS) is 11.9. The smallest absolute Gasteiger partial charge is 0.335 e. The van der Waals surface area contributed by atoms with Gasteiger partial charge in [0.1, 0.15) is 0 Å². The number of benzene rings is 1. The highest BCUT2D eigenvalue weighted by Gasteiger charge is 2.17. The second-order valence-corrected chi connectivity index (χ2v) is 4.80. The van der Waals surface area contributed by atoms with Crippen molar-refractivity contribution in [2.75, 3.05) is 31.4 Å². The highest BCUT2D eigenvalue weighted by molar-refractivity contribution is 5.97. The second-order valence-electron chi connectivity index (χ2n) is 4.80. The molecule has 1 atom stereocenters. The molecule has 1 unspecified atom stereocenters. The number of amides is 1. The Labute approximate surface area is 118 Å². The van der Waals surface area contributed by atoms with Crippen molar-refractivity contribution in [3.8, 4) is 0 Å². The largest absolute Gasteiger partial charge is 0.478 e. The number of aromatic carboxylic acids is 1. The summed E-state index contributed by atoms with van der Waals surface area (Å²) in [6.45, 7) is 2.43. The summed E-state index contributed by atoms with van der Waals surface area (Å²) in [5.74, 6) is -1.04. The van der Waals surface area contributed by atoms with Crippen molar-refractivity contribution in [2.45, 2.75) is 13.3 Å². The van der Waals surface area contributed by atoms with Crippen LogP contribution in [0.3, 0.4) is 0 Å². The van der Waals surface area contributed by atoms with Crippen LogP contribution in [-0.4, -0.2) is 37.7 Å². The summed E-state index contributed by atoms with van der Waals surface area (Å²) in [5, 5.41) is 8.88. The molecule has 0 heterocycles. The molecular weight excluding hydrogens is 260 g/mol. The highest BCUT2D eigenvalue weighted by Crippen LogP contribution is 2.24. The second kappa shape index (κ2) is 6.91. The van der Waals surface area contributed by atoms with Gasteiger partial charge in [-0.2, -0.15) is 0 Å². The van der Waals surface area contributed by atoms with Crippen molar-refractivity contribution in [3.05, 3.63) is 23.8 Å². The fourth-order valence-corrected chi connectivity index (χ4v) is 1.91. The third-order valence-corrected chi connectivity index (χ3v) is 2.98. The molecule has 3 N–H and O–H groups in total. The van der Waals surface area contributed by atoms with E-state index < -0.39 is 5.97 Å². The number of carboxylic acid groups (broad SMARTS) is 1. The van der Waals surface area contributed by atoms with Gasteiger partial charge in [0.2, 0.25) is 5.91 Å². The highest BCUT2D eigenvalue weighted by atomic mass is 16.5. The predicted octanol–water partition coefficient (Wildman–Crippen LogP) is 1.60. The Bertz CT molecular complexity index is 502. The minimum absolute atomic E-state index is 0.0932. The lowest BCUT2D eigenvalue weighted by Gasteiger charge is -2.21. The van der Waals surface area contributed by atoms with Crippen LogP contribution in [0.15, 0.2) is 18.2 Å². The molecule has 0 saturated carbocycles. The van der Waals surface area contributed by atoms with Gasteiger partial charge in [0.05, 0.1) is 16.9 Å². The number of rotatable bonds is 6. The molecule has 0 radical (unpaired) electrons. The first-order valence-electron chi connectivity index (χ1n) is 6.25. The van der Waals surface area contributed by atoms with Crippen molar-refractivity contribution in [1.82, 2.24) is 0 Å². The number of carbonyl (C=O) groups excluding carboxylic acids is 1. The Balaban J connectivity index is 2.84. The van der Waals surface area contributed by atoms with Crippen LogP contribution in [0, 0.1) is 5.92 Å². The third kappa shape index (κ3) is 3.96. The maximum absolute atomic E-state index is 12.1. The van der Waals surface area contributed by atoms with E-state index in [1.807, 2.05) is 6.92 Å². The van der Waals surface area contributed by atoms with Crippen LogP contribution in [0.4, 0.5) is 11.4 Å². The summed E-state index contributed by atoms with van der Waals surface area (Å²) >= 11 is 0. The number of nitrogens with zero attached hydrogens (tertiary/aromatic N) is 1. The first kappa shape index (κ1) is 16.0. The molecule has 110 valence electrons. The van der Waals surface area contributed by atoms with Gasteiger partial charge in [-0.25, -0.2) is 4.79 Å². The number of anilines is 2. The van der Waals surface area contributed by atoms with Gasteiger partial charge in [0.25, 0.3) is 0 Å². The first-order chi connectivity index (χ1) is 9.36. The number of ether oxygens (including phenoxy) is 1. The standard InChI is InChI=1S/C14H20N2O4/c1-9(8-20-3)6-13(17)16(2)12-5-4-10(14(18)19)7-11(12)15/h4-5,7,9H,6,8,15H2,1-3H3,(H,18,19). The Kier molecular flexibility index (Phi) is 5.52. The average Bonchev–Trinajstić information content (AvgIpc) is 2.37. The van der Waals surface area contributed by atoms with E-state index in [9.17, 15) is 9.59 Å². The number of carbonyl (C=O) groups is 2. The fourth-order valence-electron chi connectivity index (χ4n) is 1.91. The molecule has 20 heavy (non-hydrogen) atoms. The van der Waals surface area contributed by atoms with Gasteiger partial charge >= 0.3 is 5.97 Å². The summed E-state index contributed by atoms with van der Waals surface area (Å²) in [5.41, 5.74) is 6.67. The number of nitrogens with two attached hydrogens (primary N) is 1. The minimum atomic E-state index is -1.05. The zero-order valence-electron chi connectivity index (χ0n) is 11.9. The molecule has 0 aliphatic heterocycles. The number of nitrogen functional groups attached to an aromatic ring is 1. The summed E-state index contributed by atoms with van der Waals surface area (Å²) in [4.78, 5) is 24.4. The van der Waals surface area contributed by atoms with Crippen LogP contribution < -0.4 is 10.6 Å². The molecule has 0 aliphatic carbocycles. The van der Waals surface area contributed by atoms with Gasteiger partial charge in [-0.1, -0.05) is 6.92 Å². The van der Waals surface area contributed by atoms with Gasteiger partial charge in [0, 0.05) is 27.2 Å². The number of hydrogen-bond donors (Lipinski definition) is 2. The Morgan fingerprint density at radius 3 is 2.60 bits per heavy atom. The topological polar surface area (TPSA) is 92.9 Å². The molecule has 6 nitrogen and oxygen atoms in total. The Morgan fingerprint density at radius 2 is 2.10 bits per heavy atom. The van der Waals surface area contributed by atoms with E-state index in [-0.39, 0.29) is 23.1 Å². The maximum Gasteiger partial charge on any atom is 0.335 e. The van der Waals surface area contributed by atoms with E-state index in [4.69, 9.17) is 15.6 Å². The quantitative estimate of drug-likeness (QED) is 0.772. The fraction of sp³-hybridized carbons (Fsp3) is 0.429. The molecule has 0 saturated heterocycles. The van der Waals surface area contributed by atoms with Crippen molar-refractivity contribution in [2.24, 2.45) is 5.92 Å². The number of hydrogen-bond acceptors (Lipinski definition) is 4. The van der Waals surface area contributed by atoms with E-state index in [0.717, 1.165) is 0 Å². The van der Waals surface area contributed by atoms with Crippen LogP contribution in [0.2, 0.25) is 0 Å². The molecular formula is C14H20N2O4. The lowest BCUT2D eigenvalue weighted by molar-refractivity contribution is -0.119. The molecule has 6 heteroatoms. The molecule has 0 aliphatic rings. The number of carboxylic acids is 1. The average molecular weight is 280 g/mol. The van der Waals surface area contributed by atoms with Crippen LogP contribution in [0.1, 0.15) is 23.7 Å². The first-order valence-corrected chi connectivity index (χ1v) is 6.25. The maximum atomic E-state index is 12.1. The zero-order valence-corrected chi connectivity index (χ0v) is 11.9. The molecule has 0 aromatic heterocycles. The summed E-state index contributed by atoms with van der Waals surface area (Å²) in [7, 11) is 3.21. The van der Waals surface area contributed by atoms with Crippen LogP contribution in [0.25, 0.3) is 0 Å². The van der Waals surface area contributed by atoms with Gasteiger partial charge in [0.15, 0.2) is 0 Å². The van der Waals surface area contributed by atoms with E-state index in [0.29, 0.717) is 18.7 Å². The molecule has 0 bridgehead atoms. The van der Waals surface area contributed by atoms with Gasteiger partial charge < -0.3 is 20.5 Å². The molecule has 1 aromatic carbocycles. The van der Waals surface area contributed by atoms with Crippen molar-refractivity contribution in [3.63, 3.8) is 0 Å². The van der Waals surface area contributed by atoms with Crippen LogP contribution in [0.5, 0.6) is 0 Å². The molecule has 1 amide bonds. The van der Waals surface area contributed by atoms with Gasteiger partial charge in [-0.3, -0.25) is 4.79 Å². The summed E-state index contributed by atoms with van der Waals surface area (Å²) in [6, 6.07) is 4.31. The summed E-state index contributed by atoms with van der Waals surface area (Å²) in [6.07, 6.45) is 0.338. The van der Waals surface area contributed by atoms with E-state index in [1.54, 1.807) is 14.2 Å². The van der Waals surface area contributed by atoms with E-state index in [2.05, 4.69) is 0 Å². The molecule has 0 spiro atoms. The van der Waals surface area contributed by atoms with E-state index in [1.165, 1.54) is 23.1 Å². The number of methoxy groups -OCH3 is 1.